The number of carboxylic acid groups (broad SMARTS) is 1. The van der Waals surface area contributed by atoms with Gasteiger partial charge in [0.25, 0.3) is 0 Å². The average Bonchev–Trinajstić information content (AvgIpc) is 2.18. The van der Waals surface area contributed by atoms with Crippen molar-refractivity contribution in [1.29, 1.82) is 0 Å². The zero-order chi connectivity index (χ0) is 13.1. The normalized spacial score (nSPS) is 25.4. The second-order valence-corrected chi connectivity index (χ2v) is 4.22. The van der Waals surface area contributed by atoms with Crippen molar-refractivity contribution in [2.45, 2.75) is 44.3 Å². The topological polar surface area (TPSA) is 66.4 Å². The molecule has 1 aliphatic carbocycles. The third-order valence-electron chi connectivity index (χ3n) is 2.92. The number of nitrogens with one attached hydrogen (secondary N) is 1. The number of carbonyl (C=O) groups excluding carboxylic acids is 1. The van der Waals surface area contributed by atoms with Gasteiger partial charge in [0.05, 0.1) is 6.42 Å². The highest BCUT2D eigenvalue weighted by molar-refractivity contribution is 5.82. The fraction of sp³-hybridized carbons (Fsp3) is 0.800. The second kappa shape index (κ2) is 5.37. The molecule has 7 heteroatoms. The Bertz CT molecular complexity index is 304. The summed E-state index contributed by atoms with van der Waals surface area (Å²) in [5, 5.41) is 10.5. The fourth-order valence-corrected chi connectivity index (χ4v) is 2.12. The number of alkyl halides is 3. The van der Waals surface area contributed by atoms with Crippen LogP contribution in [0.4, 0.5) is 13.2 Å². The van der Waals surface area contributed by atoms with Crippen LogP contribution in [-0.4, -0.2) is 29.2 Å². The molecule has 0 aromatic rings. The minimum absolute atomic E-state index is 0.206. The highest BCUT2D eigenvalue weighted by Gasteiger charge is 2.41. The Balaban J connectivity index is 2.59. The minimum Gasteiger partial charge on any atom is -0.481 e. The van der Waals surface area contributed by atoms with Crippen LogP contribution in [0.5, 0.6) is 0 Å². The van der Waals surface area contributed by atoms with Crippen LogP contribution in [0.3, 0.4) is 0 Å². The van der Waals surface area contributed by atoms with E-state index >= 15 is 0 Å². The third kappa shape index (κ3) is 4.24. The molecule has 0 unspecified atom stereocenters. The lowest BCUT2D eigenvalue weighted by Crippen LogP contribution is -2.47. The first-order valence-electron chi connectivity index (χ1n) is 5.40. The van der Waals surface area contributed by atoms with E-state index < -0.39 is 30.0 Å². The summed E-state index contributed by atoms with van der Waals surface area (Å²) in [5.41, 5.74) is 0. The van der Waals surface area contributed by atoms with Gasteiger partial charge in [-0.05, 0) is 18.8 Å². The lowest BCUT2D eigenvalue weighted by molar-refractivity contribution is -0.175. The molecule has 0 aromatic carbocycles. The van der Waals surface area contributed by atoms with Crippen molar-refractivity contribution in [1.82, 2.24) is 5.32 Å². The molecule has 2 N–H and O–H groups in total. The van der Waals surface area contributed by atoms with E-state index in [1.165, 1.54) is 0 Å². The van der Waals surface area contributed by atoms with Crippen LogP contribution in [0.25, 0.3) is 0 Å². The predicted molar refractivity (Wildman–Crippen MR) is 52.2 cm³/mol. The Kier molecular flexibility index (Phi) is 4.36. The number of aliphatic carboxylic acids is 1. The molecular formula is C10H14F3NO3. The van der Waals surface area contributed by atoms with Crippen molar-refractivity contribution < 1.29 is 27.9 Å². The molecule has 17 heavy (non-hydrogen) atoms. The smallest absolute Gasteiger partial charge is 0.471 e. The molecule has 1 amide bonds. The van der Waals surface area contributed by atoms with E-state index in [1.807, 2.05) is 5.32 Å². The number of carbonyl (C=O) groups is 2. The minimum atomic E-state index is -4.91. The van der Waals surface area contributed by atoms with Gasteiger partial charge in [-0.25, -0.2) is 0 Å². The molecule has 0 aliphatic heterocycles. The summed E-state index contributed by atoms with van der Waals surface area (Å²) < 4.78 is 36.2. The van der Waals surface area contributed by atoms with Crippen LogP contribution in [0, 0.1) is 5.92 Å². The molecule has 0 bridgehead atoms. The summed E-state index contributed by atoms with van der Waals surface area (Å²) in [4.78, 5) is 21.3. The number of hydrogen-bond donors (Lipinski definition) is 2. The molecule has 1 saturated carbocycles. The first-order chi connectivity index (χ1) is 7.80. The predicted octanol–water partition coefficient (Wildman–Crippen LogP) is 1.70. The molecule has 1 fully saturated rings. The molecule has 1 aliphatic rings. The first kappa shape index (κ1) is 13.8. The molecule has 0 spiro atoms. The Morgan fingerprint density at radius 2 is 1.82 bits per heavy atom. The van der Waals surface area contributed by atoms with Crippen molar-refractivity contribution in [3.05, 3.63) is 0 Å². The van der Waals surface area contributed by atoms with Gasteiger partial charge in [-0.2, -0.15) is 13.2 Å². The van der Waals surface area contributed by atoms with E-state index in [-0.39, 0.29) is 6.42 Å². The summed E-state index contributed by atoms with van der Waals surface area (Å²) >= 11 is 0. The summed E-state index contributed by atoms with van der Waals surface area (Å²) in [5.74, 6) is -3.45. The van der Waals surface area contributed by atoms with E-state index in [0.29, 0.717) is 19.3 Å². The van der Waals surface area contributed by atoms with Crippen LogP contribution < -0.4 is 5.32 Å². The Labute approximate surface area is 96.2 Å². The zero-order valence-corrected chi connectivity index (χ0v) is 9.09. The van der Waals surface area contributed by atoms with E-state index in [2.05, 4.69) is 0 Å². The van der Waals surface area contributed by atoms with E-state index in [0.717, 1.165) is 6.42 Å². The SMILES string of the molecule is O=C(O)C[C@H]1CCCC[C@@H]1NC(=O)C(F)(F)F. The fourth-order valence-electron chi connectivity index (χ4n) is 2.12. The molecule has 4 nitrogen and oxygen atoms in total. The van der Waals surface area contributed by atoms with Crippen LogP contribution in [-0.2, 0) is 9.59 Å². The molecular weight excluding hydrogens is 239 g/mol. The van der Waals surface area contributed by atoms with E-state index in [9.17, 15) is 22.8 Å². The number of rotatable bonds is 3. The van der Waals surface area contributed by atoms with Crippen LogP contribution >= 0.6 is 0 Å². The van der Waals surface area contributed by atoms with E-state index in [1.54, 1.807) is 0 Å². The maximum Gasteiger partial charge on any atom is 0.471 e. The summed E-state index contributed by atoms with van der Waals surface area (Å²) in [6.45, 7) is 0. The number of halogens is 3. The van der Waals surface area contributed by atoms with Gasteiger partial charge in [0, 0.05) is 6.04 Å². The van der Waals surface area contributed by atoms with Crippen molar-refractivity contribution in [3.8, 4) is 0 Å². The monoisotopic (exact) mass is 253 g/mol. The quantitative estimate of drug-likeness (QED) is 0.804. The van der Waals surface area contributed by atoms with Gasteiger partial charge in [0.1, 0.15) is 0 Å². The molecule has 1 rings (SSSR count). The number of hydrogen-bond acceptors (Lipinski definition) is 2. The highest BCUT2D eigenvalue weighted by Crippen LogP contribution is 2.28. The van der Waals surface area contributed by atoms with Gasteiger partial charge in [-0.15, -0.1) is 0 Å². The summed E-state index contributed by atoms with van der Waals surface area (Å²) in [6.07, 6.45) is -2.68. The van der Waals surface area contributed by atoms with Gasteiger partial charge < -0.3 is 10.4 Å². The standard InChI is InChI=1S/C10H14F3NO3/c11-10(12,13)9(17)14-7-4-2-1-3-6(7)5-8(15)16/h6-7H,1-5H2,(H,14,17)(H,15,16)/t6-,7+/m1/s1. The summed E-state index contributed by atoms with van der Waals surface area (Å²) in [6, 6.07) is -0.686. The molecule has 2 atom stereocenters. The molecule has 0 radical (unpaired) electrons. The van der Waals surface area contributed by atoms with Gasteiger partial charge in [-0.1, -0.05) is 12.8 Å². The zero-order valence-electron chi connectivity index (χ0n) is 9.09. The molecule has 0 heterocycles. The van der Waals surface area contributed by atoms with Crippen molar-refractivity contribution >= 4 is 11.9 Å². The number of amides is 1. The van der Waals surface area contributed by atoms with Crippen LogP contribution in [0.1, 0.15) is 32.1 Å². The average molecular weight is 253 g/mol. The lowest BCUT2D eigenvalue weighted by atomic mass is 9.82. The summed E-state index contributed by atoms with van der Waals surface area (Å²) in [7, 11) is 0. The van der Waals surface area contributed by atoms with Crippen LogP contribution in [0.2, 0.25) is 0 Å². The van der Waals surface area contributed by atoms with Gasteiger partial charge >= 0.3 is 18.1 Å². The largest absolute Gasteiger partial charge is 0.481 e. The van der Waals surface area contributed by atoms with Gasteiger partial charge in [-0.3, -0.25) is 9.59 Å². The maximum atomic E-state index is 12.1. The van der Waals surface area contributed by atoms with Crippen molar-refractivity contribution in [3.63, 3.8) is 0 Å². The lowest BCUT2D eigenvalue weighted by Gasteiger charge is -2.31. The molecule has 98 valence electrons. The van der Waals surface area contributed by atoms with Gasteiger partial charge in [0.15, 0.2) is 0 Å². The Morgan fingerprint density at radius 1 is 1.24 bits per heavy atom. The van der Waals surface area contributed by atoms with Crippen molar-refractivity contribution in [2.24, 2.45) is 5.92 Å². The van der Waals surface area contributed by atoms with Crippen molar-refractivity contribution in [2.75, 3.05) is 0 Å². The van der Waals surface area contributed by atoms with Gasteiger partial charge in [0.2, 0.25) is 0 Å². The second-order valence-electron chi connectivity index (χ2n) is 4.22. The first-order valence-corrected chi connectivity index (χ1v) is 5.40. The molecule has 0 saturated heterocycles. The van der Waals surface area contributed by atoms with E-state index in [4.69, 9.17) is 5.11 Å². The highest BCUT2D eigenvalue weighted by atomic mass is 19.4. The maximum absolute atomic E-state index is 12.1. The third-order valence-corrected chi connectivity index (χ3v) is 2.92. The number of carboxylic acids is 1. The Morgan fingerprint density at radius 3 is 2.35 bits per heavy atom. The molecule has 0 aromatic heterocycles. The van der Waals surface area contributed by atoms with Crippen LogP contribution in [0.15, 0.2) is 0 Å². The Hall–Kier alpha value is -1.27.